The molecule has 0 bridgehead atoms. The van der Waals surface area contributed by atoms with Crippen molar-refractivity contribution in [3.8, 4) is 0 Å². The molecule has 0 aliphatic heterocycles. The van der Waals surface area contributed by atoms with Gasteiger partial charge >= 0.3 is 0 Å². The van der Waals surface area contributed by atoms with Gasteiger partial charge in [0.1, 0.15) is 5.82 Å². The number of nitrogens with one attached hydrogen (secondary N) is 1. The van der Waals surface area contributed by atoms with Crippen LogP contribution in [0.25, 0.3) is 0 Å². The Labute approximate surface area is 119 Å². The molecule has 1 aliphatic rings. The van der Waals surface area contributed by atoms with Crippen molar-refractivity contribution in [2.45, 2.75) is 30.6 Å². The van der Waals surface area contributed by atoms with Crippen molar-refractivity contribution in [3.63, 3.8) is 0 Å². The largest absolute Gasteiger partial charge is 0.349 e. The number of amides is 1. The average Bonchev–Trinajstić information content (AvgIpc) is 2.80. The molecule has 1 amide bonds. The molecule has 1 aromatic carbocycles. The second-order valence-electron chi connectivity index (χ2n) is 4.44. The Morgan fingerprint density at radius 1 is 1.50 bits per heavy atom. The Balaban J connectivity index is 2.02. The minimum absolute atomic E-state index is 0.108. The molecular weight excluding hydrogens is 317 g/mol. The molecule has 18 heavy (non-hydrogen) atoms. The zero-order valence-electron chi connectivity index (χ0n) is 10.1. The Bertz CT molecular complexity index is 455. The zero-order valence-corrected chi connectivity index (χ0v) is 12.5. The fourth-order valence-electron chi connectivity index (χ4n) is 2.23. The lowest BCUT2D eigenvalue weighted by Crippen LogP contribution is -2.33. The van der Waals surface area contributed by atoms with Gasteiger partial charge in [0.25, 0.3) is 5.91 Å². The molecule has 0 heterocycles. The summed E-state index contributed by atoms with van der Waals surface area (Å²) in [5.74, 6) is -0.810. The summed E-state index contributed by atoms with van der Waals surface area (Å²) in [6.45, 7) is 0. The summed E-state index contributed by atoms with van der Waals surface area (Å²) in [6.07, 6.45) is 5.16. The quantitative estimate of drug-likeness (QED) is 0.916. The van der Waals surface area contributed by atoms with Gasteiger partial charge in [-0.1, -0.05) is 6.07 Å². The van der Waals surface area contributed by atoms with Crippen LogP contribution in [0.4, 0.5) is 4.39 Å². The monoisotopic (exact) mass is 331 g/mol. The van der Waals surface area contributed by atoms with E-state index in [-0.39, 0.29) is 17.5 Å². The number of thioether (sulfide) groups is 1. The van der Waals surface area contributed by atoms with E-state index in [9.17, 15) is 9.18 Å². The van der Waals surface area contributed by atoms with Crippen LogP contribution in [-0.2, 0) is 0 Å². The van der Waals surface area contributed by atoms with E-state index in [1.165, 1.54) is 6.07 Å². The van der Waals surface area contributed by atoms with Gasteiger partial charge in [0.15, 0.2) is 0 Å². The summed E-state index contributed by atoms with van der Waals surface area (Å²) in [7, 11) is 0. The van der Waals surface area contributed by atoms with Gasteiger partial charge in [-0.2, -0.15) is 11.8 Å². The summed E-state index contributed by atoms with van der Waals surface area (Å²) in [5, 5.41) is 3.53. The number of benzene rings is 1. The predicted molar refractivity (Wildman–Crippen MR) is 76.5 cm³/mol. The molecule has 0 radical (unpaired) electrons. The van der Waals surface area contributed by atoms with E-state index in [1.807, 2.05) is 11.8 Å². The van der Waals surface area contributed by atoms with Crippen molar-refractivity contribution in [1.29, 1.82) is 0 Å². The third-order valence-electron chi connectivity index (χ3n) is 3.25. The van der Waals surface area contributed by atoms with Crippen LogP contribution in [0.1, 0.15) is 29.6 Å². The Hall–Kier alpha value is -0.550. The van der Waals surface area contributed by atoms with E-state index in [4.69, 9.17) is 0 Å². The highest BCUT2D eigenvalue weighted by Gasteiger charge is 2.26. The molecule has 2 nitrogen and oxygen atoms in total. The summed E-state index contributed by atoms with van der Waals surface area (Å²) < 4.78 is 14.1. The van der Waals surface area contributed by atoms with Gasteiger partial charge in [0.05, 0.1) is 10.0 Å². The standard InChI is InChI=1S/C13H15BrFNOS/c1-18-9-6-5-8(7-9)16-13(17)10-3-2-4-11(14)12(10)15/h2-4,8-9H,5-7H2,1H3,(H,16,17). The van der Waals surface area contributed by atoms with Crippen LogP contribution in [0.5, 0.6) is 0 Å². The maximum atomic E-state index is 13.8. The highest BCUT2D eigenvalue weighted by atomic mass is 79.9. The third-order valence-corrected chi connectivity index (χ3v) is 4.96. The van der Waals surface area contributed by atoms with E-state index >= 15 is 0 Å². The van der Waals surface area contributed by atoms with Crippen LogP contribution >= 0.6 is 27.7 Å². The topological polar surface area (TPSA) is 29.1 Å². The molecule has 0 spiro atoms. The number of rotatable bonds is 3. The smallest absolute Gasteiger partial charge is 0.254 e. The van der Waals surface area contributed by atoms with Crippen molar-refractivity contribution in [1.82, 2.24) is 5.32 Å². The molecule has 2 unspecified atom stereocenters. The summed E-state index contributed by atoms with van der Waals surface area (Å²) >= 11 is 4.92. The Morgan fingerprint density at radius 2 is 2.28 bits per heavy atom. The van der Waals surface area contributed by atoms with Crippen molar-refractivity contribution in [2.24, 2.45) is 0 Å². The average molecular weight is 332 g/mol. The first-order chi connectivity index (χ1) is 8.61. The number of hydrogen-bond acceptors (Lipinski definition) is 2. The molecule has 1 saturated carbocycles. The summed E-state index contributed by atoms with van der Waals surface area (Å²) in [4.78, 5) is 12.0. The summed E-state index contributed by atoms with van der Waals surface area (Å²) in [6, 6.07) is 4.94. The normalized spacial score (nSPS) is 23.1. The Morgan fingerprint density at radius 3 is 2.94 bits per heavy atom. The first-order valence-corrected chi connectivity index (χ1v) is 7.97. The highest BCUT2D eigenvalue weighted by Crippen LogP contribution is 2.28. The molecule has 0 saturated heterocycles. The molecule has 1 aromatic rings. The van der Waals surface area contributed by atoms with Crippen LogP contribution in [0, 0.1) is 5.82 Å². The molecule has 2 atom stereocenters. The Kier molecular flexibility index (Phi) is 4.67. The van der Waals surface area contributed by atoms with Gasteiger partial charge in [-0.25, -0.2) is 4.39 Å². The van der Waals surface area contributed by atoms with Crippen LogP contribution < -0.4 is 5.32 Å². The molecule has 0 aromatic heterocycles. The van der Waals surface area contributed by atoms with Crippen molar-refractivity contribution in [2.75, 3.05) is 6.26 Å². The molecule has 1 N–H and O–H groups in total. The maximum absolute atomic E-state index is 13.8. The first-order valence-electron chi connectivity index (χ1n) is 5.89. The van der Waals surface area contributed by atoms with Crippen molar-refractivity contribution < 1.29 is 9.18 Å². The van der Waals surface area contributed by atoms with E-state index in [2.05, 4.69) is 27.5 Å². The van der Waals surface area contributed by atoms with Crippen molar-refractivity contribution in [3.05, 3.63) is 34.1 Å². The lowest BCUT2D eigenvalue weighted by molar-refractivity contribution is 0.0933. The second-order valence-corrected chi connectivity index (χ2v) is 6.43. The molecule has 1 fully saturated rings. The lowest BCUT2D eigenvalue weighted by Gasteiger charge is -2.13. The molecule has 98 valence electrons. The molecule has 5 heteroatoms. The highest BCUT2D eigenvalue weighted by molar-refractivity contribution is 9.10. The predicted octanol–water partition coefficient (Wildman–Crippen LogP) is 3.60. The summed E-state index contributed by atoms with van der Waals surface area (Å²) in [5.41, 5.74) is 0.108. The fourth-order valence-corrected chi connectivity index (χ4v) is 3.39. The van der Waals surface area contributed by atoms with Gasteiger partial charge in [0.2, 0.25) is 0 Å². The zero-order chi connectivity index (χ0) is 13.1. The van der Waals surface area contributed by atoms with Crippen LogP contribution in [0.15, 0.2) is 22.7 Å². The first kappa shape index (κ1) is 13.9. The van der Waals surface area contributed by atoms with Crippen molar-refractivity contribution >= 4 is 33.6 Å². The van der Waals surface area contributed by atoms with Crippen LogP contribution in [-0.4, -0.2) is 23.5 Å². The fraction of sp³-hybridized carbons (Fsp3) is 0.462. The number of carbonyl (C=O) groups excluding carboxylic acids is 1. The van der Waals surface area contributed by atoms with E-state index in [0.717, 1.165) is 19.3 Å². The second kappa shape index (κ2) is 6.06. The van der Waals surface area contributed by atoms with Gasteiger partial charge < -0.3 is 5.32 Å². The van der Waals surface area contributed by atoms with Gasteiger partial charge in [-0.05, 0) is 53.6 Å². The van der Waals surface area contributed by atoms with Gasteiger partial charge in [-0.3, -0.25) is 4.79 Å². The maximum Gasteiger partial charge on any atom is 0.254 e. The molecule has 1 aliphatic carbocycles. The van der Waals surface area contributed by atoms with E-state index in [0.29, 0.717) is 9.72 Å². The third kappa shape index (κ3) is 3.06. The van der Waals surface area contributed by atoms with E-state index in [1.54, 1.807) is 12.1 Å². The van der Waals surface area contributed by atoms with Gasteiger partial charge in [0, 0.05) is 11.3 Å². The van der Waals surface area contributed by atoms with Crippen LogP contribution in [0.2, 0.25) is 0 Å². The number of halogens is 2. The number of carbonyl (C=O) groups is 1. The molecular formula is C13H15BrFNOS. The number of hydrogen-bond donors (Lipinski definition) is 1. The molecule has 2 rings (SSSR count). The van der Waals surface area contributed by atoms with Gasteiger partial charge in [-0.15, -0.1) is 0 Å². The lowest BCUT2D eigenvalue weighted by atomic mass is 10.1. The minimum Gasteiger partial charge on any atom is -0.349 e. The van der Waals surface area contributed by atoms with E-state index < -0.39 is 5.82 Å². The minimum atomic E-state index is -0.491. The van der Waals surface area contributed by atoms with Crippen LogP contribution in [0.3, 0.4) is 0 Å². The SMILES string of the molecule is CSC1CCC(NC(=O)c2cccc(Br)c2F)C1.